The highest BCUT2D eigenvalue weighted by Gasteiger charge is 2.24. The number of fused-ring (bicyclic) bond motifs is 1. The van der Waals surface area contributed by atoms with Crippen LogP contribution in [0.3, 0.4) is 0 Å². The third-order valence-electron chi connectivity index (χ3n) is 5.77. The van der Waals surface area contributed by atoms with Gasteiger partial charge in [-0.2, -0.15) is 0 Å². The molecule has 0 amide bonds. The van der Waals surface area contributed by atoms with E-state index in [9.17, 15) is 8.42 Å². The summed E-state index contributed by atoms with van der Waals surface area (Å²) in [6.45, 7) is 2.00. The van der Waals surface area contributed by atoms with Crippen molar-refractivity contribution in [1.29, 1.82) is 0 Å². The molecule has 1 fully saturated rings. The largest absolute Gasteiger partial charge is 0.366 e. The predicted molar refractivity (Wildman–Crippen MR) is 129 cm³/mol. The van der Waals surface area contributed by atoms with E-state index < -0.39 is 10.0 Å². The average molecular weight is 483 g/mol. The molecule has 0 bridgehead atoms. The second-order valence-corrected chi connectivity index (χ2v) is 10.4. The molecule has 1 aromatic carbocycles. The molecule has 1 atom stereocenters. The van der Waals surface area contributed by atoms with E-state index in [2.05, 4.69) is 32.2 Å². The Morgan fingerprint density at radius 1 is 1.12 bits per heavy atom. The van der Waals surface area contributed by atoms with Crippen LogP contribution in [0.15, 0.2) is 66.0 Å². The highest BCUT2D eigenvalue weighted by Crippen LogP contribution is 2.33. The van der Waals surface area contributed by atoms with Crippen molar-refractivity contribution in [3.63, 3.8) is 0 Å². The molecule has 1 N–H and O–H groups in total. The molecule has 4 heterocycles. The fourth-order valence-electron chi connectivity index (χ4n) is 4.24. The molecular formula is C23H23ClN6O2S. The molecule has 5 rings (SSSR count). The Morgan fingerprint density at radius 2 is 1.91 bits per heavy atom. The minimum absolute atomic E-state index is 0.177. The summed E-state index contributed by atoms with van der Waals surface area (Å²) in [6, 6.07) is 12.1. The van der Waals surface area contributed by atoms with E-state index in [0.29, 0.717) is 27.6 Å². The van der Waals surface area contributed by atoms with E-state index in [0.717, 1.165) is 25.9 Å². The van der Waals surface area contributed by atoms with Crippen LogP contribution in [0.25, 0.3) is 22.3 Å². The molecule has 0 aliphatic carbocycles. The van der Waals surface area contributed by atoms with Gasteiger partial charge in [-0.3, -0.25) is 4.98 Å². The molecule has 0 saturated carbocycles. The summed E-state index contributed by atoms with van der Waals surface area (Å²) in [4.78, 5) is 15.6. The van der Waals surface area contributed by atoms with Crippen molar-refractivity contribution in [1.82, 2.24) is 23.8 Å². The summed E-state index contributed by atoms with van der Waals surface area (Å²) in [6.07, 6.45) is 6.74. The van der Waals surface area contributed by atoms with Crippen LogP contribution in [0.4, 0.5) is 5.82 Å². The topological polar surface area (TPSA) is 93.0 Å². The van der Waals surface area contributed by atoms with Gasteiger partial charge < -0.3 is 10.2 Å². The lowest BCUT2D eigenvalue weighted by Gasteiger charge is -2.30. The first kappa shape index (κ1) is 21.8. The second-order valence-electron chi connectivity index (χ2n) is 8.19. The third-order valence-corrected chi connectivity index (χ3v) is 7.63. The predicted octanol–water partition coefficient (Wildman–Crippen LogP) is 3.89. The molecule has 1 unspecified atom stereocenters. The smallest absolute Gasteiger partial charge is 0.269 e. The Labute approximate surface area is 197 Å². The monoisotopic (exact) mass is 482 g/mol. The maximum atomic E-state index is 13.4. The molecule has 10 heteroatoms. The highest BCUT2D eigenvalue weighted by atomic mass is 35.5. The van der Waals surface area contributed by atoms with Gasteiger partial charge in [0.2, 0.25) is 0 Å². The van der Waals surface area contributed by atoms with Crippen molar-refractivity contribution < 1.29 is 8.42 Å². The van der Waals surface area contributed by atoms with Gasteiger partial charge in [0.15, 0.2) is 5.65 Å². The molecule has 0 radical (unpaired) electrons. The number of piperidine rings is 1. The van der Waals surface area contributed by atoms with Crippen molar-refractivity contribution in [2.45, 2.75) is 23.8 Å². The number of nitrogens with zero attached hydrogens (tertiary/aromatic N) is 5. The Hall–Kier alpha value is -3.01. The summed E-state index contributed by atoms with van der Waals surface area (Å²) in [7, 11) is -1.75. The fourth-order valence-corrected chi connectivity index (χ4v) is 5.78. The number of pyridine rings is 1. The summed E-state index contributed by atoms with van der Waals surface area (Å²) in [5.41, 5.74) is 2.07. The van der Waals surface area contributed by atoms with Crippen molar-refractivity contribution in [3.8, 4) is 11.1 Å². The lowest BCUT2D eigenvalue weighted by Crippen LogP contribution is -2.39. The number of benzene rings is 1. The number of halogens is 1. The summed E-state index contributed by atoms with van der Waals surface area (Å²) >= 11 is 6.37. The van der Waals surface area contributed by atoms with Gasteiger partial charge in [0.25, 0.3) is 10.0 Å². The number of anilines is 1. The van der Waals surface area contributed by atoms with Gasteiger partial charge in [-0.15, -0.1) is 0 Å². The first-order chi connectivity index (χ1) is 15.9. The number of nitrogens with one attached hydrogen (secondary N) is 1. The van der Waals surface area contributed by atoms with Gasteiger partial charge in [-0.25, -0.2) is 22.4 Å². The van der Waals surface area contributed by atoms with Gasteiger partial charge >= 0.3 is 0 Å². The quantitative estimate of drug-likeness (QED) is 0.431. The van der Waals surface area contributed by atoms with Crippen LogP contribution < -0.4 is 5.32 Å². The lowest BCUT2D eigenvalue weighted by atomic mass is 10.1. The number of hydrogen-bond acceptors (Lipinski definition) is 7. The zero-order valence-corrected chi connectivity index (χ0v) is 19.6. The normalized spacial score (nSPS) is 17.3. The molecule has 170 valence electrons. The lowest BCUT2D eigenvalue weighted by molar-refractivity contribution is 0.261. The number of likely N-dealkylation sites (N-methyl/N-ethyl adjacent to an activating group) is 1. The summed E-state index contributed by atoms with van der Waals surface area (Å²) in [5.74, 6) is 0.647. The number of aromatic nitrogens is 4. The Bertz CT molecular complexity index is 1410. The van der Waals surface area contributed by atoms with Gasteiger partial charge in [-0.05, 0) is 56.3 Å². The van der Waals surface area contributed by atoms with Crippen molar-refractivity contribution in [2.75, 3.05) is 25.5 Å². The SMILES string of the molecule is CN1CCCC(Nc2cc(-c3cn(S(=O)(=O)c4ccccc4)c4nccnc34)cc(Cl)n2)C1. The molecule has 1 aliphatic heterocycles. The minimum Gasteiger partial charge on any atom is -0.366 e. The molecular weight excluding hydrogens is 460 g/mol. The van der Waals surface area contributed by atoms with Gasteiger partial charge in [0.1, 0.15) is 16.5 Å². The van der Waals surface area contributed by atoms with E-state index in [1.807, 2.05) is 6.07 Å². The second kappa shape index (κ2) is 8.74. The van der Waals surface area contributed by atoms with Crippen LogP contribution in [-0.2, 0) is 10.0 Å². The molecule has 4 aromatic rings. The van der Waals surface area contributed by atoms with E-state index in [-0.39, 0.29) is 16.6 Å². The Morgan fingerprint density at radius 3 is 2.70 bits per heavy atom. The third kappa shape index (κ3) is 4.31. The van der Waals surface area contributed by atoms with Crippen molar-refractivity contribution in [3.05, 3.63) is 66.2 Å². The first-order valence-electron chi connectivity index (χ1n) is 10.7. The first-order valence-corrected chi connectivity index (χ1v) is 12.5. The number of hydrogen-bond donors (Lipinski definition) is 1. The van der Waals surface area contributed by atoms with Crippen LogP contribution >= 0.6 is 11.6 Å². The van der Waals surface area contributed by atoms with E-state index in [1.54, 1.807) is 48.8 Å². The molecule has 1 saturated heterocycles. The summed E-state index contributed by atoms with van der Waals surface area (Å²) in [5, 5.41) is 3.79. The van der Waals surface area contributed by atoms with Crippen LogP contribution in [0.1, 0.15) is 12.8 Å². The highest BCUT2D eigenvalue weighted by molar-refractivity contribution is 7.90. The molecule has 33 heavy (non-hydrogen) atoms. The summed E-state index contributed by atoms with van der Waals surface area (Å²) < 4.78 is 27.9. The van der Waals surface area contributed by atoms with Gasteiger partial charge in [-0.1, -0.05) is 29.8 Å². The van der Waals surface area contributed by atoms with Gasteiger partial charge in [0.05, 0.1) is 4.90 Å². The maximum absolute atomic E-state index is 13.4. The molecule has 3 aromatic heterocycles. The van der Waals surface area contributed by atoms with E-state index in [4.69, 9.17) is 11.6 Å². The number of rotatable bonds is 5. The van der Waals surface area contributed by atoms with Crippen LogP contribution in [0.2, 0.25) is 5.15 Å². The van der Waals surface area contributed by atoms with E-state index in [1.165, 1.54) is 10.2 Å². The standard InChI is InChI=1S/C23H23ClN6O2S/c1-29-11-5-6-17(14-29)27-21-13-16(12-20(24)28-21)19-15-30(23-22(19)25-9-10-26-23)33(31,32)18-7-3-2-4-8-18/h2-4,7-10,12-13,15,17H,5-6,11,14H2,1H3,(H,27,28). The van der Waals surface area contributed by atoms with Gasteiger partial charge in [0, 0.05) is 36.7 Å². The average Bonchev–Trinajstić information content (AvgIpc) is 3.20. The molecule has 0 spiro atoms. The van der Waals surface area contributed by atoms with E-state index >= 15 is 0 Å². The fraction of sp³-hybridized carbons (Fsp3) is 0.261. The maximum Gasteiger partial charge on any atom is 0.269 e. The van der Waals surface area contributed by atoms with Crippen LogP contribution in [0, 0.1) is 0 Å². The van der Waals surface area contributed by atoms with Crippen LogP contribution in [-0.4, -0.2) is 58.4 Å². The molecule has 8 nitrogen and oxygen atoms in total. The number of likely N-dealkylation sites (tertiary alicyclic amines) is 1. The van der Waals surface area contributed by atoms with Crippen molar-refractivity contribution in [2.24, 2.45) is 0 Å². The van der Waals surface area contributed by atoms with Crippen LogP contribution in [0.5, 0.6) is 0 Å². The Kier molecular flexibility index (Phi) is 5.77. The Balaban J connectivity index is 1.59. The molecule has 1 aliphatic rings. The zero-order chi connectivity index (χ0) is 23.0. The zero-order valence-electron chi connectivity index (χ0n) is 18.0. The minimum atomic E-state index is -3.86. The van der Waals surface area contributed by atoms with Crippen molar-refractivity contribution >= 4 is 38.6 Å².